The molecule has 0 bridgehead atoms. The van der Waals surface area contributed by atoms with Crippen LogP contribution in [0.3, 0.4) is 0 Å². The molecule has 2 N–H and O–H groups in total. The maximum Gasteiger partial charge on any atom is 0.108 e. The zero-order valence-electron chi connectivity index (χ0n) is 9.91. The van der Waals surface area contributed by atoms with Crippen molar-refractivity contribution in [1.29, 1.82) is 0 Å². The lowest BCUT2D eigenvalue weighted by atomic mass is 9.88. The van der Waals surface area contributed by atoms with E-state index in [1.165, 1.54) is 5.56 Å². The van der Waals surface area contributed by atoms with E-state index in [0.717, 1.165) is 5.69 Å². The number of likely N-dealkylation sites (N-methyl/N-ethyl adjacent to an activating group) is 1. The van der Waals surface area contributed by atoms with Gasteiger partial charge in [0.2, 0.25) is 0 Å². The van der Waals surface area contributed by atoms with E-state index in [2.05, 4.69) is 31.1 Å². The Morgan fingerprint density at radius 1 is 1.40 bits per heavy atom. The molecule has 0 spiro atoms. The van der Waals surface area contributed by atoms with Crippen molar-refractivity contribution in [3.63, 3.8) is 0 Å². The molecule has 1 unspecified atom stereocenters. The predicted molar refractivity (Wildman–Crippen MR) is 61.8 cm³/mol. The fourth-order valence-electron chi connectivity index (χ4n) is 1.34. The third-order valence-electron chi connectivity index (χ3n) is 2.39. The lowest BCUT2D eigenvalue weighted by Gasteiger charge is -2.19. The van der Waals surface area contributed by atoms with Gasteiger partial charge in [-0.2, -0.15) is 0 Å². The molecule has 1 heterocycles. The SMILES string of the molecule is CNCC(O)c1ccc(C(C)(C)C)cn1. The van der Waals surface area contributed by atoms with Crippen molar-refractivity contribution in [3.05, 3.63) is 29.6 Å². The molecule has 15 heavy (non-hydrogen) atoms. The van der Waals surface area contributed by atoms with Crippen molar-refractivity contribution in [2.24, 2.45) is 0 Å². The van der Waals surface area contributed by atoms with E-state index < -0.39 is 6.10 Å². The molecule has 0 aromatic carbocycles. The standard InChI is InChI=1S/C12H20N2O/c1-12(2,3)9-5-6-10(14-7-9)11(15)8-13-4/h5-7,11,13,15H,8H2,1-4H3. The van der Waals surface area contributed by atoms with Gasteiger partial charge in [-0.3, -0.25) is 4.98 Å². The van der Waals surface area contributed by atoms with Crippen LogP contribution in [0.5, 0.6) is 0 Å². The van der Waals surface area contributed by atoms with E-state index >= 15 is 0 Å². The Morgan fingerprint density at radius 3 is 2.47 bits per heavy atom. The summed E-state index contributed by atoms with van der Waals surface area (Å²) in [5, 5.41) is 12.6. The van der Waals surface area contributed by atoms with E-state index in [0.29, 0.717) is 6.54 Å². The Labute approximate surface area is 91.5 Å². The van der Waals surface area contributed by atoms with Crippen molar-refractivity contribution in [3.8, 4) is 0 Å². The molecule has 1 aromatic rings. The van der Waals surface area contributed by atoms with Crippen LogP contribution >= 0.6 is 0 Å². The Hall–Kier alpha value is -0.930. The van der Waals surface area contributed by atoms with E-state index in [1.807, 2.05) is 25.4 Å². The first-order valence-corrected chi connectivity index (χ1v) is 5.24. The molecule has 0 amide bonds. The van der Waals surface area contributed by atoms with Gasteiger partial charge >= 0.3 is 0 Å². The quantitative estimate of drug-likeness (QED) is 0.793. The first kappa shape index (κ1) is 12.1. The molecule has 1 atom stereocenters. The van der Waals surface area contributed by atoms with Crippen LogP contribution in [0.15, 0.2) is 18.3 Å². The topological polar surface area (TPSA) is 45.1 Å². The summed E-state index contributed by atoms with van der Waals surface area (Å²) in [4.78, 5) is 4.27. The average molecular weight is 208 g/mol. The van der Waals surface area contributed by atoms with Gasteiger partial charge in [-0.1, -0.05) is 26.8 Å². The summed E-state index contributed by atoms with van der Waals surface area (Å²) >= 11 is 0. The lowest BCUT2D eigenvalue weighted by Crippen LogP contribution is -2.18. The molecule has 3 heteroatoms. The minimum absolute atomic E-state index is 0.111. The number of rotatable bonds is 3. The van der Waals surface area contributed by atoms with Crippen molar-refractivity contribution in [2.75, 3.05) is 13.6 Å². The lowest BCUT2D eigenvalue weighted by molar-refractivity contribution is 0.173. The molecule has 0 radical (unpaired) electrons. The second-order valence-electron chi connectivity index (χ2n) is 4.80. The van der Waals surface area contributed by atoms with Gasteiger partial charge in [-0.15, -0.1) is 0 Å². The van der Waals surface area contributed by atoms with Crippen LogP contribution in [-0.2, 0) is 5.41 Å². The van der Waals surface area contributed by atoms with Crippen LogP contribution in [0, 0.1) is 0 Å². The molecule has 0 aliphatic carbocycles. The van der Waals surface area contributed by atoms with Crippen molar-refractivity contribution in [1.82, 2.24) is 10.3 Å². The van der Waals surface area contributed by atoms with E-state index in [4.69, 9.17) is 0 Å². The van der Waals surface area contributed by atoms with Crippen LogP contribution in [0.1, 0.15) is 38.1 Å². The van der Waals surface area contributed by atoms with E-state index in [1.54, 1.807) is 0 Å². The van der Waals surface area contributed by atoms with E-state index in [-0.39, 0.29) is 5.41 Å². The molecular formula is C12H20N2O. The van der Waals surface area contributed by atoms with Crippen LogP contribution in [0.4, 0.5) is 0 Å². The zero-order chi connectivity index (χ0) is 11.5. The number of pyridine rings is 1. The fraction of sp³-hybridized carbons (Fsp3) is 0.583. The summed E-state index contributed by atoms with van der Waals surface area (Å²) in [5.41, 5.74) is 2.01. The summed E-state index contributed by atoms with van der Waals surface area (Å²) in [6, 6.07) is 3.92. The number of aliphatic hydroxyl groups is 1. The molecule has 3 nitrogen and oxygen atoms in total. The number of hydrogen-bond acceptors (Lipinski definition) is 3. The largest absolute Gasteiger partial charge is 0.385 e. The first-order chi connectivity index (χ1) is 6.95. The third-order valence-corrected chi connectivity index (χ3v) is 2.39. The highest BCUT2D eigenvalue weighted by molar-refractivity contribution is 5.22. The highest BCUT2D eigenvalue weighted by Crippen LogP contribution is 2.22. The Kier molecular flexibility index (Phi) is 3.83. The Balaban J connectivity index is 2.81. The molecule has 0 aliphatic rings. The smallest absolute Gasteiger partial charge is 0.108 e. The third kappa shape index (κ3) is 3.29. The van der Waals surface area contributed by atoms with Crippen LogP contribution in [0.2, 0.25) is 0 Å². The van der Waals surface area contributed by atoms with Gasteiger partial charge in [-0.05, 0) is 24.1 Å². The molecular weight excluding hydrogens is 188 g/mol. The summed E-state index contributed by atoms with van der Waals surface area (Å²) < 4.78 is 0. The summed E-state index contributed by atoms with van der Waals surface area (Å²) in [6.07, 6.45) is 1.32. The van der Waals surface area contributed by atoms with Gasteiger partial charge in [-0.25, -0.2) is 0 Å². The Morgan fingerprint density at radius 2 is 2.07 bits per heavy atom. The minimum atomic E-state index is -0.524. The van der Waals surface area contributed by atoms with E-state index in [9.17, 15) is 5.11 Å². The van der Waals surface area contributed by atoms with Crippen LogP contribution < -0.4 is 5.32 Å². The van der Waals surface area contributed by atoms with Gasteiger partial charge in [0.25, 0.3) is 0 Å². The summed E-state index contributed by atoms with van der Waals surface area (Å²) in [5.74, 6) is 0. The molecule has 1 aromatic heterocycles. The highest BCUT2D eigenvalue weighted by atomic mass is 16.3. The number of nitrogens with one attached hydrogen (secondary N) is 1. The first-order valence-electron chi connectivity index (χ1n) is 5.24. The number of aliphatic hydroxyl groups excluding tert-OH is 1. The summed E-state index contributed by atoms with van der Waals surface area (Å²) in [6.45, 7) is 6.97. The van der Waals surface area contributed by atoms with Crippen molar-refractivity contribution < 1.29 is 5.11 Å². The van der Waals surface area contributed by atoms with Gasteiger partial charge in [0.1, 0.15) is 6.10 Å². The normalized spacial score (nSPS) is 13.9. The second-order valence-corrected chi connectivity index (χ2v) is 4.80. The van der Waals surface area contributed by atoms with Gasteiger partial charge in [0.05, 0.1) is 5.69 Å². The molecule has 84 valence electrons. The number of aromatic nitrogens is 1. The van der Waals surface area contributed by atoms with Gasteiger partial charge in [0.15, 0.2) is 0 Å². The van der Waals surface area contributed by atoms with Gasteiger partial charge < -0.3 is 10.4 Å². The molecule has 0 saturated heterocycles. The predicted octanol–water partition coefficient (Wildman–Crippen LogP) is 1.63. The van der Waals surface area contributed by atoms with Crippen molar-refractivity contribution >= 4 is 0 Å². The van der Waals surface area contributed by atoms with Crippen molar-refractivity contribution in [2.45, 2.75) is 32.3 Å². The molecule has 0 aliphatic heterocycles. The maximum absolute atomic E-state index is 9.69. The van der Waals surface area contributed by atoms with Gasteiger partial charge in [0, 0.05) is 12.7 Å². The monoisotopic (exact) mass is 208 g/mol. The minimum Gasteiger partial charge on any atom is -0.385 e. The molecule has 0 fully saturated rings. The number of hydrogen-bond donors (Lipinski definition) is 2. The van der Waals surface area contributed by atoms with Crippen LogP contribution in [-0.4, -0.2) is 23.7 Å². The second kappa shape index (κ2) is 4.73. The Bertz CT molecular complexity index is 300. The maximum atomic E-state index is 9.69. The molecule has 0 saturated carbocycles. The zero-order valence-corrected chi connectivity index (χ0v) is 9.91. The summed E-state index contributed by atoms with van der Waals surface area (Å²) in [7, 11) is 1.81. The average Bonchev–Trinajstić information content (AvgIpc) is 2.17. The highest BCUT2D eigenvalue weighted by Gasteiger charge is 2.15. The van der Waals surface area contributed by atoms with Crippen LogP contribution in [0.25, 0.3) is 0 Å². The fourth-order valence-corrected chi connectivity index (χ4v) is 1.34. The number of nitrogens with zero attached hydrogens (tertiary/aromatic N) is 1. The molecule has 1 rings (SSSR count).